The summed E-state index contributed by atoms with van der Waals surface area (Å²) in [5, 5.41) is 0. The van der Waals surface area contributed by atoms with Crippen LogP contribution in [0, 0.1) is 5.92 Å². The monoisotopic (exact) mass is 434 g/mol. The SMILES string of the molecule is CCCCCCCCc1ccc(-c2ccc(C3CCC(CCCCCC)CO3)cc2)cc1. The van der Waals surface area contributed by atoms with Crippen LogP contribution in [-0.4, -0.2) is 6.61 Å². The molecule has 1 aliphatic heterocycles. The molecule has 2 unspecified atom stereocenters. The van der Waals surface area contributed by atoms with Gasteiger partial charge in [0.05, 0.1) is 12.7 Å². The first-order valence-corrected chi connectivity index (χ1v) is 13.6. The molecule has 0 radical (unpaired) electrons. The maximum atomic E-state index is 6.26. The molecule has 2 aromatic carbocycles. The van der Waals surface area contributed by atoms with Crippen molar-refractivity contribution in [2.24, 2.45) is 5.92 Å². The Morgan fingerprint density at radius 3 is 1.88 bits per heavy atom. The minimum absolute atomic E-state index is 0.288. The summed E-state index contributed by atoms with van der Waals surface area (Å²) in [4.78, 5) is 0. The van der Waals surface area contributed by atoms with Crippen LogP contribution in [0.4, 0.5) is 0 Å². The van der Waals surface area contributed by atoms with Crippen molar-refractivity contribution < 1.29 is 4.74 Å². The lowest BCUT2D eigenvalue weighted by atomic mass is 9.90. The third-order valence-electron chi connectivity index (χ3n) is 7.22. The highest BCUT2D eigenvalue weighted by atomic mass is 16.5. The van der Waals surface area contributed by atoms with Gasteiger partial charge in [0.2, 0.25) is 0 Å². The number of hydrogen-bond donors (Lipinski definition) is 0. The fraction of sp³-hybridized carbons (Fsp3) is 0.613. The quantitative estimate of drug-likeness (QED) is 0.269. The van der Waals surface area contributed by atoms with Crippen molar-refractivity contribution in [3.8, 4) is 11.1 Å². The maximum absolute atomic E-state index is 6.26. The van der Waals surface area contributed by atoms with Crippen molar-refractivity contribution in [3.63, 3.8) is 0 Å². The number of rotatable bonds is 14. The average Bonchev–Trinajstić information content (AvgIpc) is 2.85. The Hall–Kier alpha value is -1.60. The number of hydrogen-bond acceptors (Lipinski definition) is 1. The second-order valence-electron chi connectivity index (χ2n) is 9.95. The molecule has 0 saturated carbocycles. The largest absolute Gasteiger partial charge is 0.373 e. The summed E-state index contributed by atoms with van der Waals surface area (Å²) in [6, 6.07) is 18.3. The molecule has 32 heavy (non-hydrogen) atoms. The molecule has 3 rings (SSSR count). The fourth-order valence-corrected chi connectivity index (χ4v) is 5.02. The smallest absolute Gasteiger partial charge is 0.0825 e. The van der Waals surface area contributed by atoms with E-state index in [1.165, 1.54) is 112 Å². The molecule has 1 nitrogen and oxygen atoms in total. The van der Waals surface area contributed by atoms with E-state index in [0.717, 1.165) is 12.5 Å². The van der Waals surface area contributed by atoms with Gasteiger partial charge in [-0.2, -0.15) is 0 Å². The second-order valence-corrected chi connectivity index (χ2v) is 9.95. The first-order valence-electron chi connectivity index (χ1n) is 13.6. The molecule has 176 valence electrons. The average molecular weight is 435 g/mol. The Bertz CT molecular complexity index is 722. The molecule has 0 spiro atoms. The van der Waals surface area contributed by atoms with E-state index < -0.39 is 0 Å². The van der Waals surface area contributed by atoms with Crippen LogP contribution < -0.4 is 0 Å². The van der Waals surface area contributed by atoms with Crippen molar-refractivity contribution in [2.75, 3.05) is 6.61 Å². The van der Waals surface area contributed by atoms with E-state index >= 15 is 0 Å². The van der Waals surface area contributed by atoms with Gasteiger partial charge < -0.3 is 4.74 Å². The summed E-state index contributed by atoms with van der Waals surface area (Å²) >= 11 is 0. The molecule has 1 aliphatic rings. The highest BCUT2D eigenvalue weighted by Gasteiger charge is 2.22. The van der Waals surface area contributed by atoms with Crippen LogP contribution in [0.3, 0.4) is 0 Å². The van der Waals surface area contributed by atoms with Crippen molar-refractivity contribution in [3.05, 3.63) is 59.7 Å². The first kappa shape index (κ1) is 25.0. The molecular weight excluding hydrogens is 388 g/mol. The number of ether oxygens (including phenoxy) is 1. The Labute approximate surface area is 198 Å². The molecule has 1 heterocycles. The summed E-state index contributed by atoms with van der Waals surface area (Å²) in [5.74, 6) is 0.775. The molecule has 1 saturated heterocycles. The van der Waals surface area contributed by atoms with Crippen LogP contribution in [0.15, 0.2) is 48.5 Å². The molecular formula is C31H46O. The van der Waals surface area contributed by atoms with E-state index in [4.69, 9.17) is 4.74 Å². The predicted octanol–water partition coefficient (Wildman–Crippen LogP) is 9.69. The van der Waals surface area contributed by atoms with E-state index in [1.54, 1.807) is 0 Å². The van der Waals surface area contributed by atoms with Crippen LogP contribution in [0.5, 0.6) is 0 Å². The zero-order chi connectivity index (χ0) is 22.4. The minimum atomic E-state index is 0.288. The molecule has 0 aromatic heterocycles. The van der Waals surface area contributed by atoms with Gasteiger partial charge in [0.15, 0.2) is 0 Å². The number of unbranched alkanes of at least 4 members (excludes halogenated alkanes) is 8. The molecule has 0 bridgehead atoms. The first-order chi connectivity index (χ1) is 15.8. The molecule has 2 aromatic rings. The Balaban J connectivity index is 1.41. The normalized spacial score (nSPS) is 18.7. The highest BCUT2D eigenvalue weighted by molar-refractivity contribution is 5.64. The standard InChI is InChI=1S/C31H46O/c1-3-5-7-9-10-12-13-26-15-18-28(19-16-26)29-20-22-30(23-21-29)31-24-17-27(25-32-31)14-11-8-6-4-2/h15-16,18-23,27,31H,3-14,17,24-25H2,1-2H3. The lowest BCUT2D eigenvalue weighted by molar-refractivity contribution is -0.0198. The summed E-state index contributed by atoms with van der Waals surface area (Å²) < 4.78 is 6.26. The van der Waals surface area contributed by atoms with E-state index in [2.05, 4.69) is 62.4 Å². The number of benzene rings is 2. The minimum Gasteiger partial charge on any atom is -0.373 e. The van der Waals surface area contributed by atoms with Gasteiger partial charge >= 0.3 is 0 Å². The van der Waals surface area contributed by atoms with Crippen LogP contribution in [0.25, 0.3) is 11.1 Å². The Morgan fingerprint density at radius 1 is 0.656 bits per heavy atom. The summed E-state index contributed by atoms with van der Waals surface area (Å²) in [5.41, 5.74) is 5.45. The van der Waals surface area contributed by atoms with Gasteiger partial charge in [-0.1, -0.05) is 120 Å². The van der Waals surface area contributed by atoms with E-state index in [0.29, 0.717) is 0 Å². The maximum Gasteiger partial charge on any atom is 0.0825 e. The lowest BCUT2D eigenvalue weighted by Crippen LogP contribution is -2.20. The molecule has 0 N–H and O–H groups in total. The van der Waals surface area contributed by atoms with Crippen molar-refractivity contribution >= 4 is 0 Å². The lowest BCUT2D eigenvalue weighted by Gasteiger charge is -2.29. The van der Waals surface area contributed by atoms with Gasteiger partial charge in [-0.15, -0.1) is 0 Å². The predicted molar refractivity (Wildman–Crippen MR) is 139 cm³/mol. The molecule has 2 atom stereocenters. The van der Waals surface area contributed by atoms with Gasteiger partial charge in [-0.3, -0.25) is 0 Å². The van der Waals surface area contributed by atoms with E-state index in [1.807, 2.05) is 0 Å². The third kappa shape index (κ3) is 8.39. The van der Waals surface area contributed by atoms with Crippen molar-refractivity contribution in [1.82, 2.24) is 0 Å². The third-order valence-corrected chi connectivity index (χ3v) is 7.22. The van der Waals surface area contributed by atoms with Gasteiger partial charge in [0, 0.05) is 0 Å². The fourth-order valence-electron chi connectivity index (χ4n) is 5.02. The zero-order valence-corrected chi connectivity index (χ0v) is 20.8. The second kappa shape index (κ2) is 14.5. The Kier molecular flexibility index (Phi) is 11.4. The summed E-state index contributed by atoms with van der Waals surface area (Å²) in [6.45, 7) is 5.51. The van der Waals surface area contributed by atoms with E-state index in [-0.39, 0.29) is 6.10 Å². The van der Waals surface area contributed by atoms with Gasteiger partial charge in [-0.05, 0) is 60.3 Å². The number of aryl methyl sites for hydroxylation is 1. The van der Waals surface area contributed by atoms with Gasteiger partial charge in [0.25, 0.3) is 0 Å². The van der Waals surface area contributed by atoms with E-state index in [9.17, 15) is 0 Å². The molecule has 1 fully saturated rings. The van der Waals surface area contributed by atoms with Gasteiger partial charge in [-0.25, -0.2) is 0 Å². The van der Waals surface area contributed by atoms with Crippen molar-refractivity contribution in [1.29, 1.82) is 0 Å². The van der Waals surface area contributed by atoms with Crippen molar-refractivity contribution in [2.45, 2.75) is 110 Å². The summed E-state index contributed by atoms with van der Waals surface area (Å²) in [7, 11) is 0. The topological polar surface area (TPSA) is 9.23 Å². The van der Waals surface area contributed by atoms with Gasteiger partial charge in [0.1, 0.15) is 0 Å². The van der Waals surface area contributed by atoms with Crippen LogP contribution in [0.1, 0.15) is 115 Å². The molecule has 1 heteroatoms. The van der Waals surface area contributed by atoms with Crippen LogP contribution in [-0.2, 0) is 11.2 Å². The Morgan fingerprint density at radius 2 is 1.25 bits per heavy atom. The zero-order valence-electron chi connectivity index (χ0n) is 20.8. The highest BCUT2D eigenvalue weighted by Crippen LogP contribution is 2.33. The molecule has 0 amide bonds. The summed E-state index contributed by atoms with van der Waals surface area (Å²) in [6.07, 6.45) is 19.0. The molecule has 0 aliphatic carbocycles. The van der Waals surface area contributed by atoms with Crippen LogP contribution >= 0.6 is 0 Å². The van der Waals surface area contributed by atoms with Crippen LogP contribution in [0.2, 0.25) is 0 Å².